The molecule has 0 fully saturated rings. The monoisotopic (exact) mass is 369 g/mol. The zero-order valence-electron chi connectivity index (χ0n) is 15.8. The highest BCUT2D eigenvalue weighted by Crippen LogP contribution is 2.15. The lowest BCUT2D eigenvalue weighted by Crippen LogP contribution is -2.34. The summed E-state index contributed by atoms with van der Waals surface area (Å²) in [6.07, 6.45) is 1.97. The molecule has 1 atom stereocenters. The quantitative estimate of drug-likeness (QED) is 0.667. The zero-order valence-corrected chi connectivity index (χ0v) is 15.8. The maximum Gasteiger partial charge on any atom is 0.319 e. The van der Waals surface area contributed by atoms with Crippen LogP contribution in [-0.4, -0.2) is 42.1 Å². The molecular formula is C21H27N3O3. The minimum Gasteiger partial charge on any atom is -0.394 e. The van der Waals surface area contributed by atoms with Crippen molar-refractivity contribution in [1.82, 2.24) is 10.2 Å². The van der Waals surface area contributed by atoms with E-state index >= 15 is 0 Å². The molecule has 1 unspecified atom stereocenters. The van der Waals surface area contributed by atoms with Crippen molar-refractivity contribution in [3.8, 4) is 0 Å². The number of hydrogen-bond acceptors (Lipinski definition) is 3. The maximum absolute atomic E-state index is 12.5. The molecule has 0 aliphatic heterocycles. The van der Waals surface area contributed by atoms with Crippen molar-refractivity contribution < 1.29 is 14.7 Å². The van der Waals surface area contributed by atoms with Crippen LogP contribution in [0.1, 0.15) is 41.7 Å². The Morgan fingerprint density at radius 3 is 2.52 bits per heavy atom. The number of unbranched alkanes of at least 4 members (excludes halogenated alkanes) is 1. The molecule has 2 rings (SSSR count). The minimum absolute atomic E-state index is 0.0787. The van der Waals surface area contributed by atoms with Crippen LogP contribution in [0.15, 0.2) is 54.6 Å². The Labute approximate surface area is 160 Å². The summed E-state index contributed by atoms with van der Waals surface area (Å²) >= 11 is 0. The molecule has 0 saturated heterocycles. The highest BCUT2D eigenvalue weighted by atomic mass is 16.3. The van der Waals surface area contributed by atoms with Crippen molar-refractivity contribution in [2.24, 2.45) is 0 Å². The molecule has 6 nitrogen and oxygen atoms in total. The molecule has 0 aromatic heterocycles. The number of aliphatic hydroxyl groups excluding tert-OH is 1. The Morgan fingerprint density at radius 1 is 1.11 bits per heavy atom. The van der Waals surface area contributed by atoms with Gasteiger partial charge in [0.05, 0.1) is 12.6 Å². The molecular weight excluding hydrogens is 342 g/mol. The van der Waals surface area contributed by atoms with Gasteiger partial charge in [0.15, 0.2) is 0 Å². The molecule has 0 aliphatic rings. The number of carbonyl (C=O) groups is 2. The van der Waals surface area contributed by atoms with Gasteiger partial charge < -0.3 is 20.6 Å². The SMILES string of the molecule is CCCCN(C)C(=O)c1cccc(NC(=O)NC(CO)c2ccccc2)c1. The lowest BCUT2D eigenvalue weighted by Gasteiger charge is -2.18. The first-order valence-corrected chi connectivity index (χ1v) is 9.14. The van der Waals surface area contributed by atoms with Gasteiger partial charge in [0.25, 0.3) is 5.91 Å². The van der Waals surface area contributed by atoms with Crippen molar-refractivity contribution in [1.29, 1.82) is 0 Å². The second-order valence-electron chi connectivity index (χ2n) is 6.41. The topological polar surface area (TPSA) is 81.7 Å². The fraction of sp³-hybridized carbons (Fsp3) is 0.333. The lowest BCUT2D eigenvalue weighted by molar-refractivity contribution is 0.0793. The molecule has 0 spiro atoms. The third-order valence-electron chi connectivity index (χ3n) is 4.25. The molecule has 6 heteroatoms. The van der Waals surface area contributed by atoms with E-state index in [0.717, 1.165) is 18.4 Å². The molecule has 3 N–H and O–H groups in total. The van der Waals surface area contributed by atoms with Gasteiger partial charge in [-0.3, -0.25) is 4.79 Å². The summed E-state index contributed by atoms with van der Waals surface area (Å²) in [6.45, 7) is 2.57. The van der Waals surface area contributed by atoms with Gasteiger partial charge in [0, 0.05) is 24.8 Å². The third kappa shape index (κ3) is 6.11. The van der Waals surface area contributed by atoms with Gasteiger partial charge in [-0.25, -0.2) is 4.79 Å². The van der Waals surface area contributed by atoms with Crippen molar-refractivity contribution >= 4 is 17.6 Å². The van der Waals surface area contributed by atoms with Crippen molar-refractivity contribution in [3.63, 3.8) is 0 Å². The second-order valence-corrected chi connectivity index (χ2v) is 6.41. The number of benzene rings is 2. The number of urea groups is 1. The normalized spacial score (nSPS) is 11.5. The van der Waals surface area contributed by atoms with Gasteiger partial charge >= 0.3 is 6.03 Å². The van der Waals surface area contributed by atoms with Crippen LogP contribution in [0.4, 0.5) is 10.5 Å². The van der Waals surface area contributed by atoms with E-state index in [2.05, 4.69) is 17.6 Å². The van der Waals surface area contributed by atoms with E-state index in [1.54, 1.807) is 36.2 Å². The van der Waals surface area contributed by atoms with E-state index in [1.165, 1.54) is 0 Å². The van der Waals surface area contributed by atoms with Gasteiger partial charge in [-0.05, 0) is 30.2 Å². The van der Waals surface area contributed by atoms with E-state index in [-0.39, 0.29) is 12.5 Å². The molecule has 0 bridgehead atoms. The van der Waals surface area contributed by atoms with Crippen LogP contribution < -0.4 is 10.6 Å². The van der Waals surface area contributed by atoms with Crippen LogP contribution in [0, 0.1) is 0 Å². The molecule has 2 aromatic carbocycles. The summed E-state index contributed by atoms with van der Waals surface area (Å²) in [5, 5.41) is 15.0. The number of aliphatic hydroxyl groups is 1. The van der Waals surface area contributed by atoms with Crippen molar-refractivity contribution in [2.45, 2.75) is 25.8 Å². The fourth-order valence-electron chi connectivity index (χ4n) is 2.69. The number of carbonyl (C=O) groups excluding carboxylic acids is 2. The molecule has 0 radical (unpaired) electrons. The first-order valence-electron chi connectivity index (χ1n) is 9.14. The summed E-state index contributed by atoms with van der Waals surface area (Å²) in [4.78, 5) is 26.4. The summed E-state index contributed by atoms with van der Waals surface area (Å²) in [5.74, 6) is -0.0787. The third-order valence-corrected chi connectivity index (χ3v) is 4.25. The first-order chi connectivity index (χ1) is 13.0. The Balaban J connectivity index is 2.00. The smallest absolute Gasteiger partial charge is 0.319 e. The van der Waals surface area contributed by atoms with Gasteiger partial charge in [0.2, 0.25) is 0 Å². The number of amides is 3. The number of hydrogen-bond donors (Lipinski definition) is 3. The molecule has 0 heterocycles. The van der Waals surface area contributed by atoms with Crippen LogP contribution in [-0.2, 0) is 0 Å². The second kappa shape index (κ2) is 10.3. The molecule has 0 aliphatic carbocycles. The first kappa shape index (κ1) is 20.5. The van der Waals surface area contributed by atoms with E-state index in [9.17, 15) is 14.7 Å². The molecule has 144 valence electrons. The van der Waals surface area contributed by atoms with Crippen LogP contribution in [0.2, 0.25) is 0 Å². The summed E-state index contributed by atoms with van der Waals surface area (Å²) < 4.78 is 0. The van der Waals surface area contributed by atoms with E-state index in [4.69, 9.17) is 0 Å². The van der Waals surface area contributed by atoms with E-state index < -0.39 is 12.1 Å². The molecule has 27 heavy (non-hydrogen) atoms. The molecule has 3 amide bonds. The van der Waals surface area contributed by atoms with Crippen molar-refractivity contribution in [2.75, 3.05) is 25.5 Å². The average molecular weight is 369 g/mol. The van der Waals surface area contributed by atoms with Crippen LogP contribution >= 0.6 is 0 Å². The van der Waals surface area contributed by atoms with Gasteiger partial charge in [0.1, 0.15) is 0 Å². The number of anilines is 1. The fourth-order valence-corrected chi connectivity index (χ4v) is 2.69. The Hall–Kier alpha value is -2.86. The Bertz CT molecular complexity index is 749. The standard InChI is InChI=1S/C21H27N3O3/c1-3-4-13-24(2)20(26)17-11-8-12-18(14-17)22-21(27)23-19(15-25)16-9-6-5-7-10-16/h5-12,14,19,25H,3-4,13,15H2,1-2H3,(H2,22,23,27). The Kier molecular flexibility index (Phi) is 7.82. The van der Waals surface area contributed by atoms with E-state index in [0.29, 0.717) is 17.8 Å². The number of nitrogens with zero attached hydrogens (tertiary/aromatic N) is 1. The van der Waals surface area contributed by atoms with Gasteiger partial charge in [-0.15, -0.1) is 0 Å². The predicted octanol–water partition coefficient (Wildman–Crippen LogP) is 3.41. The number of nitrogens with one attached hydrogen (secondary N) is 2. The largest absolute Gasteiger partial charge is 0.394 e. The van der Waals surface area contributed by atoms with Crippen molar-refractivity contribution in [3.05, 3.63) is 65.7 Å². The predicted molar refractivity (Wildman–Crippen MR) is 107 cm³/mol. The van der Waals surface area contributed by atoms with Crippen LogP contribution in [0.5, 0.6) is 0 Å². The van der Waals surface area contributed by atoms with Crippen LogP contribution in [0.25, 0.3) is 0 Å². The van der Waals surface area contributed by atoms with E-state index in [1.807, 2.05) is 30.3 Å². The average Bonchev–Trinajstić information content (AvgIpc) is 2.70. The Morgan fingerprint density at radius 2 is 1.85 bits per heavy atom. The summed E-state index contributed by atoms with van der Waals surface area (Å²) in [6, 6.07) is 15.1. The molecule has 0 saturated carbocycles. The van der Waals surface area contributed by atoms with Crippen LogP contribution in [0.3, 0.4) is 0 Å². The zero-order chi connectivity index (χ0) is 19.6. The van der Waals surface area contributed by atoms with Gasteiger partial charge in [-0.2, -0.15) is 0 Å². The minimum atomic E-state index is -0.504. The summed E-state index contributed by atoms with van der Waals surface area (Å²) in [7, 11) is 1.77. The highest BCUT2D eigenvalue weighted by Gasteiger charge is 2.15. The maximum atomic E-state index is 12.5. The highest BCUT2D eigenvalue weighted by molar-refractivity contribution is 5.96. The number of rotatable bonds is 8. The molecule has 2 aromatic rings. The van der Waals surface area contributed by atoms with Gasteiger partial charge in [-0.1, -0.05) is 49.7 Å². The lowest BCUT2D eigenvalue weighted by atomic mass is 10.1. The summed E-state index contributed by atoms with van der Waals surface area (Å²) in [5.41, 5.74) is 1.86.